The van der Waals surface area contributed by atoms with Gasteiger partial charge in [0, 0.05) is 80.4 Å². The zero-order valence-corrected chi connectivity index (χ0v) is 94.1. The Bertz CT molecular complexity index is 6630. The third kappa shape index (κ3) is 42.7. The minimum atomic E-state index is -1.27. The van der Waals surface area contributed by atoms with Gasteiger partial charge >= 0.3 is 197 Å². The van der Waals surface area contributed by atoms with Gasteiger partial charge < -0.3 is 67.1 Å². The van der Waals surface area contributed by atoms with Crippen LogP contribution in [0.5, 0.6) is 0 Å². The standard InChI is InChI=1S/C17H15NO6S.C14H7Cl2NOS.C14H9NO6S.C14H11NO4S.C14H9NO3S.C9H8FNO4.C8H8O2S.CH3I.CH2O3.6CH4.2Cs.H/c1-3-24-16(19)11-8-9-15(13(10-11)18(21)22)25-14-7-5-4-6-12(14)17(20)23-2;15-13-9-3-1-2-4-11(9)19-12-6-5-8(14(16)18)7-10(12)17-13;16-13(17)8-5-6-12(10(7-8)15(20)21)22-11-4-2-1-3-9(11)14(18)19;15-10-7-8(13(16)17)5-6-12(10)20-11-4-2-1-3-9(11)14(18)19;16-13-9-3-1-2-4-11(9)19-12-6-5-8(14(17)18)7-10(12)15-13;1-2-15-9(12)6-3-4-7(10)8(5-6)11(13)14;1-10-8(9)6-4-2-3-5-7(6)11;1-2;2-1-4-3;;;;;;;;;/h4-10H,3H2,1-2H3;1-7H;1-7H,(H,16,17)(H,18,19);1-7H,15H2,(H,16,17)(H,18,19);1-7H,(H,15,16)(H,17,18);3-5H,2H2,1H3;2-5,11H,1H3;1H3;1,3H;6*1H4;;;/q;;;;;;;;;;;;;;;2*+1;-1/p-1/i;;;;;;;1D;;;;;;;;;;. The van der Waals surface area contributed by atoms with Gasteiger partial charge in [-0.3, -0.25) is 44.7 Å². The number of ether oxygens (including phenoxy) is 4. The number of carboxylic acids is 5. The van der Waals surface area contributed by atoms with Crippen LogP contribution in [-0.4, -0.2) is 149 Å². The fourth-order valence-electron chi connectivity index (χ4n) is 10.9. The fourth-order valence-corrected chi connectivity index (χ4v) is 16.6. The third-order valence-electron chi connectivity index (χ3n) is 17.1. The number of nitro benzene ring substituents is 3. The third-order valence-corrected chi connectivity index (χ3v) is 23.7. The first-order valence-corrected chi connectivity index (χ1v) is 44.9. The summed E-state index contributed by atoms with van der Waals surface area (Å²) < 4.78 is 37.8. The molecule has 1 amide bonds. The van der Waals surface area contributed by atoms with Crippen molar-refractivity contribution in [3.8, 4) is 0 Å². The number of carbonyl (C=O) groups is 12. The predicted molar refractivity (Wildman–Crippen MR) is 558 cm³/mol. The number of benzene rings is 12. The summed E-state index contributed by atoms with van der Waals surface area (Å²) in [6.07, 6.45) is 0. The number of thiol groups is 1. The van der Waals surface area contributed by atoms with E-state index in [9.17, 15) is 87.5 Å². The van der Waals surface area contributed by atoms with Crippen LogP contribution < -0.4 is 154 Å². The molecule has 0 spiro atoms. The Morgan fingerprint density at radius 3 is 1.28 bits per heavy atom. The first kappa shape index (κ1) is 137. The predicted octanol–water partition coefficient (Wildman–Crippen LogP) is 18.7. The zero-order valence-electron chi connectivity index (χ0n) is 74.8. The van der Waals surface area contributed by atoms with Crippen LogP contribution in [0.25, 0.3) is 0 Å². The molecule has 14 rings (SSSR count). The van der Waals surface area contributed by atoms with E-state index in [0.717, 1.165) is 72.9 Å². The molecule has 12 aromatic carbocycles. The number of hydrogen-bond donors (Lipinski definition) is 8. The summed E-state index contributed by atoms with van der Waals surface area (Å²) in [5.74, 6) is -8.92. The number of nitrogens with two attached hydrogens (primary N) is 1. The van der Waals surface area contributed by atoms with E-state index in [4.69, 9.17) is 75.4 Å². The Kier molecular flexibility index (Phi) is 67.1. The minimum Gasteiger partial charge on any atom is -1.00 e. The van der Waals surface area contributed by atoms with Gasteiger partial charge in [-0.2, -0.15) is 4.39 Å². The van der Waals surface area contributed by atoms with Gasteiger partial charge in [0.2, 0.25) is 5.82 Å². The molecule has 12 aromatic rings. The van der Waals surface area contributed by atoms with Gasteiger partial charge in [0.05, 0.1) is 119 Å². The molecule has 145 heavy (non-hydrogen) atoms. The van der Waals surface area contributed by atoms with E-state index in [0.29, 0.717) is 78.8 Å². The SMILES string of the molecule is C.C.C.C.C.C.CCOC(=O)c1ccc(F)c([N+](=O)[O-])c1.CCOC(=O)c1ccc(Sc2ccccc2C(=O)OC)c([N+](=O)[O-])c1.COC(=O)c1ccccc1S.Nc1cc(C(=O)O)ccc1Sc1ccccc1C(=O)O.O=C(Cl)c1ccc2c(c1)N=C(Cl)c1ccccc1S2.O=C(O)c1ccc(Sc2ccccc2C(=O)O)c([N+](=O)[O-])c1.O=C(O)c1ccc2c(c1)NC(=O)c1ccccc1S2.O=CO[O-].[2H]CI.[Cs+].[Cs+].[H-]. The van der Waals surface area contributed by atoms with Crippen molar-refractivity contribution in [2.75, 3.05) is 43.4 Å². The number of aliphatic imine (C=N–C) groups is 1. The van der Waals surface area contributed by atoms with E-state index in [1.807, 2.05) is 71.1 Å². The Labute approximate surface area is 1000 Å². The number of halogens is 4. The molecular weight excluding hydrogens is 2400 g/mol. The average molecular weight is 2500 g/mol. The number of carbonyl (C=O) groups excluding carboxylic acids is 7. The largest absolute Gasteiger partial charge is 1.00 e. The second-order valence-electron chi connectivity index (χ2n) is 25.7. The Balaban J connectivity index is -0.000000801. The van der Waals surface area contributed by atoms with Crippen LogP contribution in [0.1, 0.15) is 181 Å². The fraction of sp³-hybridized carbons (Fsp3) is 0.133. The summed E-state index contributed by atoms with van der Waals surface area (Å²) in [5.41, 5.74) is 8.96. The number of methoxy groups -OCH3 is 2. The first-order chi connectivity index (χ1) is 65.8. The molecule has 0 aromatic heterocycles. The van der Waals surface area contributed by atoms with E-state index in [-0.39, 0.29) is 271 Å². The number of nitro groups is 3. The Morgan fingerprint density at radius 2 is 0.834 bits per heavy atom. The van der Waals surface area contributed by atoms with Gasteiger partial charge in [0.1, 0.15) is 5.17 Å². The molecule has 0 atom stereocenters. The number of nitrogens with one attached hydrogen (secondary N) is 1. The van der Waals surface area contributed by atoms with Gasteiger partial charge in [-0.05, 0) is 188 Å². The summed E-state index contributed by atoms with van der Waals surface area (Å²) in [7, 11) is 2.61. The number of hydrogen-bond acceptors (Lipinski definition) is 32. The molecule has 47 heteroatoms. The van der Waals surface area contributed by atoms with Crippen LogP contribution in [0.3, 0.4) is 0 Å². The van der Waals surface area contributed by atoms with E-state index >= 15 is 0 Å². The number of esters is 4. The number of amides is 1. The molecule has 2 aliphatic heterocycles. The number of nitrogens with zero attached hydrogens (tertiary/aromatic N) is 4. The Hall–Kier alpha value is -10.4. The van der Waals surface area contributed by atoms with Crippen LogP contribution in [0.15, 0.2) is 314 Å². The maximum absolute atomic E-state index is 12.9. The van der Waals surface area contributed by atoms with Crippen LogP contribution in [0, 0.1) is 36.2 Å². The molecule has 8 N–H and O–H groups in total. The van der Waals surface area contributed by atoms with Crippen molar-refractivity contribution in [2.45, 2.75) is 112 Å². The molecule has 0 saturated carbocycles. The zero-order chi connectivity index (χ0) is 102. The second-order valence-corrected chi connectivity index (χ2v) is 32.3. The molecular formula is C98H96Cl2Cs2FIN6O29S6. The average Bonchev–Trinajstić information content (AvgIpc) is 1.64. The molecule has 0 radical (unpaired) electrons. The maximum Gasteiger partial charge on any atom is 1.00 e. The van der Waals surface area contributed by atoms with Crippen LogP contribution in [0.4, 0.5) is 38.5 Å². The molecule has 0 aliphatic carbocycles. The van der Waals surface area contributed by atoms with E-state index in [1.54, 1.807) is 135 Å². The van der Waals surface area contributed by atoms with Gasteiger partial charge in [-0.15, -0.1) is 12.6 Å². The number of aromatic carboxylic acids is 5. The summed E-state index contributed by atoms with van der Waals surface area (Å²) >= 11 is 23.9. The molecule has 0 saturated heterocycles. The number of rotatable bonds is 22. The number of anilines is 2. The van der Waals surface area contributed by atoms with Crippen LogP contribution >= 0.6 is 117 Å². The van der Waals surface area contributed by atoms with Crippen molar-refractivity contribution in [2.24, 2.45) is 4.99 Å². The van der Waals surface area contributed by atoms with Crippen molar-refractivity contribution in [1.29, 1.82) is 0 Å². The summed E-state index contributed by atoms with van der Waals surface area (Å²) in [6, 6.07) is 66.1. The monoisotopic (exact) mass is 2500 g/mol. The number of alkyl halides is 1. The molecule has 2 heterocycles. The quantitative estimate of drug-likeness (QED) is 0.00267. The summed E-state index contributed by atoms with van der Waals surface area (Å²) in [5, 5.41) is 88.9. The van der Waals surface area contributed by atoms with Crippen molar-refractivity contribution >= 4 is 228 Å². The van der Waals surface area contributed by atoms with Gasteiger partial charge in [0.15, 0.2) is 0 Å². The number of fused-ring (bicyclic) bond motifs is 4. The second kappa shape index (κ2) is 71.2. The minimum absolute atomic E-state index is 0. The molecule has 758 valence electrons. The smallest absolute Gasteiger partial charge is 1.00 e. The topological polar surface area (TPSA) is 555 Å². The molecule has 0 bridgehead atoms. The Morgan fingerprint density at radius 1 is 0.483 bits per heavy atom. The first-order valence-electron chi connectivity index (χ1n) is 38.8. The molecule has 0 unspecified atom stereocenters. The molecule has 35 nitrogen and oxygen atoms in total. The van der Waals surface area contributed by atoms with Crippen molar-refractivity contribution in [3.63, 3.8) is 0 Å². The van der Waals surface area contributed by atoms with Crippen molar-refractivity contribution in [1.82, 2.24) is 0 Å². The van der Waals surface area contributed by atoms with Gasteiger partial charge in [-0.25, -0.2) is 48.1 Å². The number of nitrogen functional groups attached to an aromatic ring is 1. The van der Waals surface area contributed by atoms with Crippen molar-refractivity contribution in [3.05, 3.63) is 358 Å². The molecule has 2 aliphatic rings. The summed E-state index contributed by atoms with van der Waals surface area (Å²) in [4.78, 5) is 177. The normalized spacial score (nSPS) is 10.1. The van der Waals surface area contributed by atoms with E-state index in [1.165, 1.54) is 111 Å². The van der Waals surface area contributed by atoms with Crippen LogP contribution in [-0.2, 0) is 28.6 Å². The van der Waals surface area contributed by atoms with Crippen LogP contribution in [0.2, 0.25) is 0 Å². The number of carboxylic acid groups (broad SMARTS) is 5. The molecule has 0 fully saturated rings. The van der Waals surface area contributed by atoms with E-state index in [2.05, 4.69) is 37.3 Å². The maximum atomic E-state index is 12.9. The van der Waals surface area contributed by atoms with E-state index < -0.39 is 79.3 Å². The van der Waals surface area contributed by atoms with Crippen molar-refractivity contribution < 1.29 is 272 Å². The summed E-state index contributed by atoms with van der Waals surface area (Å²) in [6.45, 7) is 3.41. The van der Waals surface area contributed by atoms with Gasteiger partial charge in [0.25, 0.3) is 29.0 Å². The van der Waals surface area contributed by atoms with Gasteiger partial charge in [-0.1, -0.05) is 216 Å².